The first-order valence-corrected chi connectivity index (χ1v) is 8.32. The molecule has 9 heteroatoms. The summed E-state index contributed by atoms with van der Waals surface area (Å²) in [6.45, 7) is 4.91. The molecule has 1 aromatic carbocycles. The number of nitrogens with one attached hydrogen (secondary N) is 1. The maximum Gasteiger partial charge on any atom is 0.293 e. The lowest BCUT2D eigenvalue weighted by atomic mass is 10.1. The average molecular weight is 370 g/mol. The normalized spacial score (nSPS) is 18.7. The summed E-state index contributed by atoms with van der Waals surface area (Å²) in [5.74, 6) is -0.296. The van der Waals surface area contributed by atoms with Gasteiger partial charge in [0.25, 0.3) is 11.6 Å². The molecule has 0 radical (unpaired) electrons. The number of anilines is 1. The van der Waals surface area contributed by atoms with E-state index in [2.05, 4.69) is 10.3 Å². The van der Waals surface area contributed by atoms with Crippen LogP contribution in [0.15, 0.2) is 18.2 Å². The molecule has 2 heterocycles. The van der Waals surface area contributed by atoms with Crippen molar-refractivity contribution in [2.45, 2.75) is 12.8 Å². The molecule has 0 unspecified atom stereocenters. The Balaban J connectivity index is 0.00000225. The second-order valence-corrected chi connectivity index (χ2v) is 6.39. The van der Waals surface area contributed by atoms with Crippen LogP contribution in [0.1, 0.15) is 23.2 Å². The minimum absolute atomic E-state index is 0. The molecule has 0 bridgehead atoms. The standard InChI is InChI=1S/C16H23N5O3.ClH/c1-18-8-10-20(11-9-18)17-16(22)13-4-5-14(15(12-13)21(23)24)19-6-2-3-7-19;/h4-5,12H,2-3,6-11H2,1H3,(H,17,22);1H. The molecule has 2 aliphatic heterocycles. The topological polar surface area (TPSA) is 82.0 Å². The number of hydrazine groups is 1. The Hall–Kier alpha value is -1.90. The van der Waals surface area contributed by atoms with Crippen LogP contribution in [0, 0.1) is 10.1 Å². The monoisotopic (exact) mass is 369 g/mol. The number of nitrogens with zero attached hydrogens (tertiary/aromatic N) is 4. The molecule has 0 saturated carbocycles. The van der Waals surface area contributed by atoms with Crippen LogP contribution in [-0.2, 0) is 0 Å². The first-order chi connectivity index (χ1) is 11.5. The van der Waals surface area contributed by atoms with Crippen LogP contribution in [0.4, 0.5) is 11.4 Å². The maximum atomic E-state index is 12.4. The Morgan fingerprint density at radius 2 is 1.76 bits per heavy atom. The smallest absolute Gasteiger partial charge is 0.293 e. The number of piperazine rings is 1. The predicted octanol–water partition coefficient (Wildman–Crippen LogP) is 1.51. The number of carbonyl (C=O) groups is 1. The van der Waals surface area contributed by atoms with Crippen LogP contribution < -0.4 is 10.3 Å². The van der Waals surface area contributed by atoms with Gasteiger partial charge in [0.15, 0.2) is 0 Å². The van der Waals surface area contributed by atoms with Crippen molar-refractivity contribution in [3.05, 3.63) is 33.9 Å². The molecule has 0 spiro atoms. The van der Waals surface area contributed by atoms with Gasteiger partial charge in [0.05, 0.1) is 4.92 Å². The fourth-order valence-electron chi connectivity index (χ4n) is 3.16. The van der Waals surface area contributed by atoms with E-state index in [0.29, 0.717) is 11.3 Å². The molecule has 1 amide bonds. The van der Waals surface area contributed by atoms with Gasteiger partial charge in [-0.15, -0.1) is 12.4 Å². The summed E-state index contributed by atoms with van der Waals surface area (Å²) in [6, 6.07) is 4.76. The number of rotatable bonds is 4. The van der Waals surface area contributed by atoms with E-state index in [0.717, 1.165) is 52.1 Å². The van der Waals surface area contributed by atoms with Crippen molar-refractivity contribution in [2.24, 2.45) is 0 Å². The third kappa shape index (κ3) is 4.59. The molecule has 25 heavy (non-hydrogen) atoms. The Morgan fingerprint density at radius 1 is 1.12 bits per heavy atom. The number of likely N-dealkylation sites (N-methyl/N-ethyl adjacent to an activating group) is 1. The van der Waals surface area contributed by atoms with E-state index in [1.54, 1.807) is 12.1 Å². The zero-order valence-corrected chi connectivity index (χ0v) is 15.1. The van der Waals surface area contributed by atoms with Crippen LogP contribution in [0.25, 0.3) is 0 Å². The third-order valence-corrected chi connectivity index (χ3v) is 4.64. The second kappa shape index (κ2) is 8.46. The molecule has 0 aromatic heterocycles. The minimum Gasteiger partial charge on any atom is -0.366 e. The Kier molecular flexibility index (Phi) is 6.57. The number of carbonyl (C=O) groups excluding carboxylic acids is 1. The molecular formula is C16H24ClN5O3. The highest BCUT2D eigenvalue weighted by atomic mass is 35.5. The zero-order chi connectivity index (χ0) is 17.1. The predicted molar refractivity (Wildman–Crippen MR) is 98.3 cm³/mol. The number of halogens is 1. The summed E-state index contributed by atoms with van der Waals surface area (Å²) in [5, 5.41) is 13.3. The van der Waals surface area contributed by atoms with E-state index in [-0.39, 0.29) is 24.0 Å². The van der Waals surface area contributed by atoms with Crippen molar-refractivity contribution in [3.63, 3.8) is 0 Å². The van der Waals surface area contributed by atoms with Crippen LogP contribution in [0.5, 0.6) is 0 Å². The Morgan fingerprint density at radius 3 is 2.36 bits per heavy atom. The molecule has 1 N–H and O–H groups in total. The van der Waals surface area contributed by atoms with Crippen LogP contribution in [-0.4, -0.2) is 67.1 Å². The van der Waals surface area contributed by atoms with Crippen molar-refractivity contribution < 1.29 is 9.72 Å². The fourth-order valence-corrected chi connectivity index (χ4v) is 3.16. The number of benzene rings is 1. The van der Waals surface area contributed by atoms with Crippen molar-refractivity contribution in [2.75, 3.05) is 51.2 Å². The molecule has 2 fully saturated rings. The van der Waals surface area contributed by atoms with Gasteiger partial charge in [-0.2, -0.15) is 0 Å². The summed E-state index contributed by atoms with van der Waals surface area (Å²) in [4.78, 5) is 27.6. The van der Waals surface area contributed by atoms with Gasteiger partial charge in [-0.05, 0) is 32.0 Å². The zero-order valence-electron chi connectivity index (χ0n) is 14.3. The van der Waals surface area contributed by atoms with Crippen LogP contribution in [0.2, 0.25) is 0 Å². The second-order valence-electron chi connectivity index (χ2n) is 6.39. The van der Waals surface area contributed by atoms with Crippen molar-refractivity contribution >= 4 is 29.7 Å². The number of nitro groups is 1. The van der Waals surface area contributed by atoms with E-state index in [1.807, 2.05) is 17.0 Å². The molecule has 2 aliphatic rings. The van der Waals surface area contributed by atoms with Crippen molar-refractivity contribution in [3.8, 4) is 0 Å². The highest BCUT2D eigenvalue weighted by Gasteiger charge is 2.24. The third-order valence-electron chi connectivity index (χ3n) is 4.64. The Bertz CT molecular complexity index is 628. The van der Waals surface area contributed by atoms with Gasteiger partial charge in [0.1, 0.15) is 5.69 Å². The fraction of sp³-hybridized carbons (Fsp3) is 0.562. The van der Waals surface area contributed by atoms with Gasteiger partial charge < -0.3 is 9.80 Å². The van der Waals surface area contributed by atoms with Crippen molar-refractivity contribution in [1.29, 1.82) is 0 Å². The van der Waals surface area contributed by atoms with E-state index in [9.17, 15) is 14.9 Å². The van der Waals surface area contributed by atoms with Gasteiger partial charge >= 0.3 is 0 Å². The van der Waals surface area contributed by atoms with E-state index >= 15 is 0 Å². The molecule has 1 aromatic rings. The quantitative estimate of drug-likeness (QED) is 0.640. The molecule has 138 valence electrons. The summed E-state index contributed by atoms with van der Waals surface area (Å²) < 4.78 is 0. The summed E-state index contributed by atoms with van der Waals surface area (Å²) in [6.07, 6.45) is 2.09. The minimum atomic E-state index is -0.402. The molecule has 0 atom stereocenters. The molecule has 2 saturated heterocycles. The van der Waals surface area contributed by atoms with Gasteiger partial charge in [0.2, 0.25) is 0 Å². The maximum absolute atomic E-state index is 12.4. The lowest BCUT2D eigenvalue weighted by Gasteiger charge is -2.32. The number of hydrogen-bond donors (Lipinski definition) is 1. The SMILES string of the molecule is CN1CCN(NC(=O)c2ccc(N3CCCC3)c([N+](=O)[O-])c2)CC1.Cl. The summed E-state index contributed by atoms with van der Waals surface area (Å²) in [5.41, 5.74) is 3.77. The van der Waals surface area contributed by atoms with Gasteiger partial charge in [-0.1, -0.05) is 0 Å². The van der Waals surface area contributed by atoms with Crippen molar-refractivity contribution in [1.82, 2.24) is 15.3 Å². The lowest BCUT2D eigenvalue weighted by molar-refractivity contribution is -0.384. The highest BCUT2D eigenvalue weighted by molar-refractivity contribution is 5.95. The molecular weight excluding hydrogens is 346 g/mol. The molecule has 0 aliphatic carbocycles. The first-order valence-electron chi connectivity index (χ1n) is 8.32. The molecule has 3 rings (SSSR count). The number of nitro benzene ring substituents is 1. The summed E-state index contributed by atoms with van der Waals surface area (Å²) >= 11 is 0. The van der Waals surface area contributed by atoms with E-state index < -0.39 is 4.92 Å². The molecule has 8 nitrogen and oxygen atoms in total. The first kappa shape index (κ1) is 19.4. The largest absolute Gasteiger partial charge is 0.366 e. The number of amides is 1. The van der Waals surface area contributed by atoms with Gasteiger partial charge in [-0.3, -0.25) is 20.3 Å². The van der Waals surface area contributed by atoms with Crippen LogP contribution in [0.3, 0.4) is 0 Å². The van der Waals surface area contributed by atoms with E-state index in [4.69, 9.17) is 0 Å². The van der Waals surface area contributed by atoms with Gasteiger partial charge in [0, 0.05) is 50.9 Å². The highest BCUT2D eigenvalue weighted by Crippen LogP contribution is 2.31. The summed E-state index contributed by atoms with van der Waals surface area (Å²) in [7, 11) is 2.04. The van der Waals surface area contributed by atoms with Crippen LogP contribution >= 0.6 is 12.4 Å². The number of hydrogen-bond acceptors (Lipinski definition) is 6. The Labute approximate surface area is 153 Å². The lowest BCUT2D eigenvalue weighted by Crippen LogP contribution is -2.52. The average Bonchev–Trinajstić information content (AvgIpc) is 3.10. The van der Waals surface area contributed by atoms with E-state index in [1.165, 1.54) is 6.07 Å². The van der Waals surface area contributed by atoms with Gasteiger partial charge in [-0.25, -0.2) is 5.01 Å².